The van der Waals surface area contributed by atoms with E-state index in [0.717, 1.165) is 58.5 Å². The van der Waals surface area contributed by atoms with Crippen LogP contribution in [0, 0.1) is 13.8 Å². The topological polar surface area (TPSA) is 35.6 Å². The van der Waals surface area contributed by atoms with Gasteiger partial charge in [0.2, 0.25) is 5.91 Å². The standard InChI is InChI=1S/C25H35N3O/c1-21-8-10-23(11-9-21)12-13-25(29)26-14-3-4-15-27-16-18-28(19-17-27)24-7-5-6-22(2)20-24/h5-11,20H,3-4,12-19H2,1-2H3,(H,26,29). The number of piperazine rings is 1. The van der Waals surface area contributed by atoms with E-state index in [4.69, 9.17) is 0 Å². The van der Waals surface area contributed by atoms with Crippen LogP contribution in [0.4, 0.5) is 5.69 Å². The van der Waals surface area contributed by atoms with Crippen LogP contribution in [0.2, 0.25) is 0 Å². The number of anilines is 1. The summed E-state index contributed by atoms with van der Waals surface area (Å²) >= 11 is 0. The number of nitrogens with one attached hydrogen (secondary N) is 1. The number of benzene rings is 2. The van der Waals surface area contributed by atoms with Gasteiger partial charge in [-0.1, -0.05) is 42.0 Å². The maximum absolute atomic E-state index is 12.0. The minimum absolute atomic E-state index is 0.164. The van der Waals surface area contributed by atoms with E-state index >= 15 is 0 Å². The first-order valence-corrected chi connectivity index (χ1v) is 11.0. The molecule has 0 spiro atoms. The summed E-state index contributed by atoms with van der Waals surface area (Å²) in [5.74, 6) is 0.164. The fourth-order valence-corrected chi connectivity index (χ4v) is 3.84. The van der Waals surface area contributed by atoms with Gasteiger partial charge in [0, 0.05) is 44.8 Å². The van der Waals surface area contributed by atoms with Crippen LogP contribution in [0.25, 0.3) is 0 Å². The Labute approximate surface area is 175 Å². The van der Waals surface area contributed by atoms with Crippen molar-refractivity contribution in [3.05, 3.63) is 65.2 Å². The highest BCUT2D eigenvalue weighted by Gasteiger charge is 2.16. The van der Waals surface area contributed by atoms with E-state index in [1.807, 2.05) is 0 Å². The van der Waals surface area contributed by atoms with Crippen molar-refractivity contribution < 1.29 is 4.79 Å². The van der Waals surface area contributed by atoms with Crippen molar-refractivity contribution >= 4 is 11.6 Å². The summed E-state index contributed by atoms with van der Waals surface area (Å²) in [6.07, 6.45) is 3.58. The average molecular weight is 394 g/mol. The molecule has 1 aliphatic heterocycles. The molecule has 0 radical (unpaired) electrons. The van der Waals surface area contributed by atoms with Crippen molar-refractivity contribution in [3.63, 3.8) is 0 Å². The van der Waals surface area contributed by atoms with E-state index in [2.05, 4.69) is 77.5 Å². The third kappa shape index (κ3) is 7.21. The Morgan fingerprint density at radius 3 is 2.41 bits per heavy atom. The maximum atomic E-state index is 12.0. The normalized spacial score (nSPS) is 14.8. The molecule has 0 aromatic heterocycles. The lowest BCUT2D eigenvalue weighted by Crippen LogP contribution is -2.46. The molecule has 1 amide bonds. The molecule has 4 heteroatoms. The van der Waals surface area contributed by atoms with Crippen LogP contribution < -0.4 is 10.2 Å². The van der Waals surface area contributed by atoms with Gasteiger partial charge in [-0.25, -0.2) is 0 Å². The Morgan fingerprint density at radius 1 is 0.931 bits per heavy atom. The molecule has 3 rings (SSSR count). The van der Waals surface area contributed by atoms with Crippen LogP contribution in [0.3, 0.4) is 0 Å². The Bertz CT molecular complexity index is 764. The number of nitrogens with zero attached hydrogens (tertiary/aromatic N) is 2. The van der Waals surface area contributed by atoms with E-state index in [1.165, 1.54) is 22.4 Å². The van der Waals surface area contributed by atoms with Crippen LogP contribution in [0.1, 0.15) is 36.0 Å². The third-order valence-electron chi connectivity index (χ3n) is 5.72. The Kier molecular flexibility index (Phi) is 8.12. The average Bonchev–Trinajstić information content (AvgIpc) is 2.73. The van der Waals surface area contributed by atoms with Gasteiger partial charge in [-0.05, 0) is 62.9 Å². The summed E-state index contributed by atoms with van der Waals surface area (Å²) < 4.78 is 0. The monoisotopic (exact) mass is 393 g/mol. The third-order valence-corrected chi connectivity index (χ3v) is 5.72. The molecule has 156 valence electrons. The Hall–Kier alpha value is -2.33. The molecule has 2 aromatic rings. The highest BCUT2D eigenvalue weighted by Crippen LogP contribution is 2.17. The molecule has 0 saturated carbocycles. The molecule has 4 nitrogen and oxygen atoms in total. The van der Waals surface area contributed by atoms with Crippen molar-refractivity contribution in [1.29, 1.82) is 0 Å². The number of hydrogen-bond acceptors (Lipinski definition) is 3. The molecular weight excluding hydrogens is 358 g/mol. The second-order valence-corrected chi connectivity index (χ2v) is 8.21. The van der Waals surface area contributed by atoms with Gasteiger partial charge in [0.25, 0.3) is 0 Å². The number of hydrogen-bond donors (Lipinski definition) is 1. The van der Waals surface area contributed by atoms with E-state index in [0.29, 0.717) is 6.42 Å². The van der Waals surface area contributed by atoms with Gasteiger partial charge in [0.05, 0.1) is 0 Å². The number of unbranched alkanes of at least 4 members (excludes halogenated alkanes) is 1. The summed E-state index contributed by atoms with van der Waals surface area (Å²) in [5, 5.41) is 3.07. The van der Waals surface area contributed by atoms with Crippen LogP contribution in [0.15, 0.2) is 48.5 Å². The predicted octanol–water partition coefficient (Wildman–Crippen LogP) is 3.95. The molecule has 1 saturated heterocycles. The first-order chi connectivity index (χ1) is 14.1. The molecule has 1 N–H and O–H groups in total. The lowest BCUT2D eigenvalue weighted by atomic mass is 10.1. The van der Waals surface area contributed by atoms with Gasteiger partial charge in [0.15, 0.2) is 0 Å². The smallest absolute Gasteiger partial charge is 0.220 e. The lowest BCUT2D eigenvalue weighted by molar-refractivity contribution is -0.121. The van der Waals surface area contributed by atoms with E-state index in [9.17, 15) is 4.79 Å². The molecule has 2 aromatic carbocycles. The molecular formula is C25H35N3O. The fourth-order valence-electron chi connectivity index (χ4n) is 3.84. The fraction of sp³-hybridized carbons (Fsp3) is 0.480. The number of amides is 1. The Balaban J connectivity index is 1.24. The molecule has 29 heavy (non-hydrogen) atoms. The molecule has 1 heterocycles. The molecule has 0 aliphatic carbocycles. The van der Waals surface area contributed by atoms with Crippen LogP contribution in [-0.2, 0) is 11.2 Å². The van der Waals surface area contributed by atoms with Gasteiger partial charge in [-0.2, -0.15) is 0 Å². The van der Waals surface area contributed by atoms with Crippen LogP contribution in [-0.4, -0.2) is 50.1 Å². The highest BCUT2D eigenvalue weighted by molar-refractivity contribution is 5.76. The number of carbonyl (C=O) groups excluding carboxylic acids is 1. The zero-order chi connectivity index (χ0) is 20.5. The quantitative estimate of drug-likeness (QED) is 0.655. The second kappa shape index (κ2) is 11.0. The maximum Gasteiger partial charge on any atom is 0.220 e. The second-order valence-electron chi connectivity index (χ2n) is 8.21. The minimum Gasteiger partial charge on any atom is -0.369 e. The molecule has 0 bridgehead atoms. The van der Waals surface area contributed by atoms with Gasteiger partial charge in [-0.3, -0.25) is 9.69 Å². The first-order valence-electron chi connectivity index (χ1n) is 11.0. The van der Waals surface area contributed by atoms with E-state index in [1.54, 1.807) is 0 Å². The zero-order valence-corrected chi connectivity index (χ0v) is 18.0. The highest BCUT2D eigenvalue weighted by atomic mass is 16.1. The number of rotatable bonds is 9. The van der Waals surface area contributed by atoms with Crippen molar-refractivity contribution in [2.75, 3.05) is 44.2 Å². The van der Waals surface area contributed by atoms with Gasteiger partial charge >= 0.3 is 0 Å². The number of aryl methyl sites for hydroxylation is 3. The van der Waals surface area contributed by atoms with Crippen molar-refractivity contribution in [2.24, 2.45) is 0 Å². The predicted molar refractivity (Wildman–Crippen MR) is 122 cm³/mol. The van der Waals surface area contributed by atoms with Crippen LogP contribution >= 0.6 is 0 Å². The summed E-state index contributed by atoms with van der Waals surface area (Å²) in [4.78, 5) is 17.0. The summed E-state index contributed by atoms with van der Waals surface area (Å²) in [6.45, 7) is 10.6. The molecule has 1 aliphatic rings. The first kappa shape index (κ1) is 21.4. The van der Waals surface area contributed by atoms with E-state index < -0.39 is 0 Å². The van der Waals surface area contributed by atoms with Crippen molar-refractivity contribution in [3.8, 4) is 0 Å². The van der Waals surface area contributed by atoms with Crippen molar-refractivity contribution in [1.82, 2.24) is 10.2 Å². The zero-order valence-electron chi connectivity index (χ0n) is 18.0. The molecule has 0 atom stereocenters. The number of carbonyl (C=O) groups is 1. The van der Waals surface area contributed by atoms with Gasteiger partial charge in [0.1, 0.15) is 0 Å². The minimum atomic E-state index is 0.164. The summed E-state index contributed by atoms with van der Waals surface area (Å²) in [6, 6.07) is 17.2. The molecule has 1 fully saturated rings. The SMILES string of the molecule is Cc1ccc(CCC(=O)NCCCCN2CCN(c3cccc(C)c3)CC2)cc1. The molecule has 0 unspecified atom stereocenters. The van der Waals surface area contributed by atoms with Crippen LogP contribution in [0.5, 0.6) is 0 Å². The largest absolute Gasteiger partial charge is 0.369 e. The van der Waals surface area contributed by atoms with Crippen molar-refractivity contribution in [2.45, 2.75) is 39.5 Å². The summed E-state index contributed by atoms with van der Waals surface area (Å²) in [7, 11) is 0. The van der Waals surface area contributed by atoms with Gasteiger partial charge < -0.3 is 10.2 Å². The van der Waals surface area contributed by atoms with E-state index in [-0.39, 0.29) is 5.91 Å². The lowest BCUT2D eigenvalue weighted by Gasteiger charge is -2.36. The summed E-state index contributed by atoms with van der Waals surface area (Å²) in [5.41, 5.74) is 5.16. The van der Waals surface area contributed by atoms with Gasteiger partial charge in [-0.15, -0.1) is 0 Å². The Morgan fingerprint density at radius 2 is 1.69 bits per heavy atom.